The number of amides is 3. The van der Waals surface area contributed by atoms with Gasteiger partial charge in [0.15, 0.2) is 26.8 Å². The molecule has 0 fully saturated rings. The smallest absolute Gasteiger partial charge is 0.496 e. The van der Waals surface area contributed by atoms with Crippen LogP contribution in [-0.4, -0.2) is 160 Å². The summed E-state index contributed by atoms with van der Waals surface area (Å²) in [5.74, 6) is -1.41. The van der Waals surface area contributed by atoms with E-state index in [4.69, 9.17) is 77.2 Å². The van der Waals surface area contributed by atoms with E-state index in [9.17, 15) is 56.6 Å². The van der Waals surface area contributed by atoms with Gasteiger partial charge in [-0.15, -0.1) is 34.0 Å². The van der Waals surface area contributed by atoms with Crippen molar-refractivity contribution in [1.82, 2.24) is 19.9 Å². The predicted octanol–water partition coefficient (Wildman–Crippen LogP) is 13.5. The van der Waals surface area contributed by atoms with Crippen molar-refractivity contribution >= 4 is 155 Å². The van der Waals surface area contributed by atoms with Gasteiger partial charge in [-0.2, -0.15) is 57.9 Å². The number of anilines is 4. The Kier molecular flexibility index (Phi) is 68.0. The summed E-state index contributed by atoms with van der Waals surface area (Å²) >= 11 is 8.01. The first-order chi connectivity index (χ1) is 56.5. The van der Waals surface area contributed by atoms with Gasteiger partial charge in [0.25, 0.3) is 0 Å². The number of nitrogen functional groups attached to an aromatic ring is 1. The third-order valence-electron chi connectivity index (χ3n) is 12.1. The minimum atomic E-state index is -4.93. The first kappa shape index (κ1) is 122. The van der Waals surface area contributed by atoms with Crippen molar-refractivity contribution in [2.75, 3.05) is 55.0 Å². The molecule has 0 aliphatic heterocycles. The summed E-state index contributed by atoms with van der Waals surface area (Å²) in [4.78, 5) is 171. The number of carbonyl (C=O) groups excluding carboxylic acids is 16. The minimum absolute atomic E-state index is 0. The van der Waals surface area contributed by atoms with Crippen molar-refractivity contribution in [2.45, 2.75) is 204 Å². The van der Waals surface area contributed by atoms with Gasteiger partial charge in [-0.1, -0.05) is 117 Å². The van der Waals surface area contributed by atoms with Crippen LogP contribution in [0.25, 0.3) is 0 Å². The van der Waals surface area contributed by atoms with Crippen LogP contribution >= 0.6 is 61.3 Å². The number of nitrogens with zero attached hydrogens (tertiary/aromatic N) is 4. The number of halogens is 4. The number of hydrogen-bond acceptors (Lipinski definition) is 35. The molecule has 0 aliphatic rings. The molecule has 4 aromatic heterocycles. The Bertz CT molecular complexity index is 4260. The van der Waals surface area contributed by atoms with Crippen molar-refractivity contribution in [3.05, 3.63) is 140 Å². The molecule has 0 spiro atoms. The van der Waals surface area contributed by atoms with Crippen molar-refractivity contribution in [3.8, 4) is 17.2 Å². The first-order valence-corrected chi connectivity index (χ1v) is 40.2. The van der Waals surface area contributed by atoms with E-state index in [-0.39, 0.29) is 60.5 Å². The van der Waals surface area contributed by atoms with Gasteiger partial charge in [0.2, 0.25) is 5.78 Å². The number of ketones is 1. The molecular formula is C79H105BrF3LiN8O26S4. The molecule has 3 amide bonds. The van der Waals surface area contributed by atoms with E-state index in [0.29, 0.717) is 73.6 Å². The summed E-state index contributed by atoms with van der Waals surface area (Å²) in [7, 11) is 4.66. The van der Waals surface area contributed by atoms with E-state index >= 15 is 0 Å². The maximum Gasteiger partial charge on any atom is 1.00 e. The number of aliphatic hydroxyl groups is 1. The van der Waals surface area contributed by atoms with E-state index in [1.807, 2.05) is 101 Å². The zero-order chi connectivity index (χ0) is 94.3. The van der Waals surface area contributed by atoms with E-state index in [0.717, 1.165) is 64.4 Å². The standard InChI is InChI=1S/C18H24N2O4S.C15H15F3N2O2S.C10H16N2O2S.C10H18O5.C8H8O2.C5H7BrO3.C5H8N2S.C4H9.4CO2.Li/c1-6-12-15(14(21)11-9-7-8-10-13(11)23-5)25-16(19-12)20-17(22)24-18(2,3)4;1-3-10-12(8-9-6-4-5-7-11(9)22-2)23-14(19-10)20-13(21)15(16,17)18;1-5-7-6-15-8(11-7)12-9(13)14-10(2,3)4;1-9(2,3)14-7(11)13-8(12)15-10(4,5)6;1-10-8-5-3-2-4-7(8)6-9;1-2-9-5(8)4(7)3-6;1-2-4-3-8-5(6)7-4;1-3-4-2;4*2-1-3;/h7-10,14,21H,6H2,1-5H3,(H,19,20,22);4-7H,3,8H2,1-2H3,(H,19,20,21);6H,5H2,1-4H3,(H,11,12,13);1-6H3;2-6H,1H3;2-3H2,1H3;3H,2H2,1H3,(H2,6,7);1,3-4H2,2H3;;;;;/q;;;;;;;-1;;;;;+1. The molecule has 4 heterocycles. The summed E-state index contributed by atoms with van der Waals surface area (Å²) in [6, 6.07) is 21.8. The number of hydrogen-bond donors (Lipinski definition) is 5. The van der Waals surface area contributed by atoms with E-state index in [2.05, 4.69) is 76.7 Å². The fourth-order valence-corrected chi connectivity index (χ4v) is 11.2. The number of methoxy groups -OCH3 is 3. The quantitative estimate of drug-likeness (QED) is 0.00733. The Morgan fingerprint density at radius 2 is 0.959 bits per heavy atom. The monoisotopic (exact) mass is 1850 g/mol. The van der Waals surface area contributed by atoms with Gasteiger partial charge >= 0.3 is 86.0 Å². The second kappa shape index (κ2) is 67.9. The van der Waals surface area contributed by atoms with Crippen LogP contribution in [0.5, 0.6) is 17.2 Å². The summed E-state index contributed by atoms with van der Waals surface area (Å²) < 4.78 is 81.0. The molecule has 122 heavy (non-hydrogen) atoms. The third kappa shape index (κ3) is 61.6. The molecule has 0 saturated carbocycles. The number of nitrogens with two attached hydrogens (primary N) is 1. The molecule has 7 rings (SSSR count). The second-order valence-corrected chi connectivity index (χ2v) is 30.6. The number of esters is 1. The molecule has 0 saturated heterocycles. The molecule has 34 nitrogen and oxygen atoms in total. The molecule has 0 radical (unpaired) electrons. The molecule has 1 unspecified atom stereocenters. The number of benzene rings is 3. The molecule has 43 heteroatoms. The van der Waals surface area contributed by atoms with Gasteiger partial charge in [0, 0.05) is 27.6 Å². The van der Waals surface area contributed by atoms with Crippen LogP contribution in [0.2, 0.25) is 0 Å². The number of aldehydes is 1. The van der Waals surface area contributed by atoms with Crippen LogP contribution in [0.15, 0.2) is 83.6 Å². The van der Waals surface area contributed by atoms with Crippen molar-refractivity contribution in [3.63, 3.8) is 0 Å². The first-order valence-electron chi connectivity index (χ1n) is 35.7. The average molecular weight is 1850 g/mol. The average Bonchev–Trinajstić information content (AvgIpc) is 1.65. The van der Waals surface area contributed by atoms with Crippen molar-refractivity contribution < 1.29 is 156 Å². The topological polar surface area (TPSA) is 490 Å². The Hall–Kier alpha value is -10.7. The Morgan fingerprint density at radius 3 is 1.33 bits per heavy atom. The summed E-state index contributed by atoms with van der Waals surface area (Å²) in [6.45, 7) is 36.4. The van der Waals surface area contributed by atoms with E-state index < -0.39 is 76.8 Å². The number of thiazole rings is 4. The number of aryl methyl sites for hydroxylation is 4. The maximum absolute atomic E-state index is 12.3. The molecule has 3 aromatic carbocycles. The number of Topliss-reactive ketones (excluding diaryl/α,β-unsaturated/α-hetero) is 1. The Balaban J connectivity index is -0.000000320. The third-order valence-corrected chi connectivity index (χ3v) is 16.2. The summed E-state index contributed by atoms with van der Waals surface area (Å²) in [5, 5.41) is 23.4. The largest absolute Gasteiger partial charge is 1.00 e. The van der Waals surface area contributed by atoms with Crippen molar-refractivity contribution in [1.29, 1.82) is 0 Å². The van der Waals surface area contributed by atoms with Gasteiger partial charge in [-0.3, -0.25) is 30.3 Å². The molecule has 670 valence electrons. The SMILES string of the molecule is CC(C)(C)OC(=O)OC(=O)OC(C)(C)C.CCOC(=O)C(=O)CBr.CCc1csc(N)n1.CCc1csc(NC(=O)OC(C)(C)C)n1.CCc1nc(NC(=O)C(F)(F)F)sc1Cc1ccccc1OC.CCc1nc(NC(=O)OC(C)(C)C)sc1C(O)c1ccccc1OC.COc1ccccc1C=O.O=C=O.O=C=O.O=C=O.O=C=O.[CH2-]CCC.[Li+]. The van der Waals surface area contributed by atoms with Gasteiger partial charge in [-0.05, 0) is 146 Å². The minimum Gasteiger partial charge on any atom is -0.496 e. The number of nitrogens with one attached hydrogen (secondary N) is 3. The Morgan fingerprint density at radius 1 is 0.557 bits per heavy atom. The number of aliphatic hydroxyl groups excluding tert-OH is 1. The molecule has 7 aromatic rings. The zero-order valence-electron chi connectivity index (χ0n) is 72.0. The number of rotatable bonds is 19. The van der Waals surface area contributed by atoms with Gasteiger partial charge < -0.3 is 60.4 Å². The summed E-state index contributed by atoms with van der Waals surface area (Å²) in [6.07, 6.45) is -1.38. The number of para-hydroxylation sites is 3. The van der Waals surface area contributed by atoms with Crippen LogP contribution in [0.4, 0.5) is 52.9 Å². The molecular weight excluding hydrogens is 1750 g/mol. The van der Waals surface area contributed by atoms with E-state index in [1.165, 1.54) is 40.4 Å². The van der Waals surface area contributed by atoms with Crippen LogP contribution in [-0.2, 0) is 113 Å². The number of ether oxygens (including phenoxy) is 9. The van der Waals surface area contributed by atoms with Gasteiger partial charge in [0.1, 0.15) is 45.8 Å². The van der Waals surface area contributed by atoms with Crippen LogP contribution in [0, 0.1) is 6.92 Å². The molecule has 0 bridgehead atoms. The number of unbranched alkanes of at least 4 members (excludes halogenated alkanes) is 1. The van der Waals surface area contributed by atoms with Crippen LogP contribution in [0.1, 0.15) is 198 Å². The van der Waals surface area contributed by atoms with Crippen molar-refractivity contribution in [2.24, 2.45) is 0 Å². The normalized spacial score (nSPS) is 10.1. The fraction of sp³-hybridized carbons (Fsp3) is 0.456. The fourth-order valence-electron chi connectivity index (χ4n) is 7.39. The second-order valence-electron chi connectivity index (χ2n) is 26.1. The number of carbonyl (C=O) groups is 8. The number of alkyl halides is 4. The maximum atomic E-state index is 12.3. The van der Waals surface area contributed by atoms with Gasteiger partial charge in [-0.25, -0.2) is 43.9 Å². The van der Waals surface area contributed by atoms with Crippen LogP contribution in [0.3, 0.4) is 0 Å². The van der Waals surface area contributed by atoms with Gasteiger partial charge in [0.05, 0.1) is 66.5 Å². The molecule has 6 N–H and O–H groups in total. The molecule has 1 atom stereocenters. The predicted molar refractivity (Wildman–Crippen MR) is 445 cm³/mol. The number of aromatic nitrogens is 4. The molecule has 0 aliphatic carbocycles. The Labute approximate surface area is 742 Å². The van der Waals surface area contributed by atoms with E-state index in [1.54, 1.807) is 120 Å². The van der Waals surface area contributed by atoms with Crippen LogP contribution < -0.4 is 54.8 Å². The summed E-state index contributed by atoms with van der Waals surface area (Å²) in [5.41, 5.74) is 8.52. The zero-order valence-corrected chi connectivity index (χ0v) is 76.8.